The van der Waals surface area contributed by atoms with E-state index in [-0.39, 0.29) is 0 Å². The first-order valence-electron chi connectivity index (χ1n) is 3.72. The van der Waals surface area contributed by atoms with Crippen LogP contribution in [0.15, 0.2) is 18.6 Å². The summed E-state index contributed by atoms with van der Waals surface area (Å²) in [4.78, 5) is 11.9. The summed E-state index contributed by atoms with van der Waals surface area (Å²) in [6.07, 6.45) is 3.03. The lowest BCUT2D eigenvalue weighted by Crippen LogP contribution is -1.97. The molecule has 2 rings (SSSR count). The standard InChI is InChI=1S/C8H8N4O/c1-13-8-6-5(11-4-12-8)2-3-10-7(6)9/h2-4H,1H3,(H2,9,10). The zero-order chi connectivity index (χ0) is 9.26. The Kier molecular flexibility index (Phi) is 1.70. The maximum Gasteiger partial charge on any atom is 0.227 e. The number of aromatic nitrogens is 3. The van der Waals surface area contributed by atoms with Crippen LogP contribution in [0.5, 0.6) is 5.88 Å². The Hall–Kier alpha value is -1.91. The van der Waals surface area contributed by atoms with Crippen LogP contribution in [0.2, 0.25) is 0 Å². The minimum atomic E-state index is 0.384. The van der Waals surface area contributed by atoms with Gasteiger partial charge in [0.05, 0.1) is 12.6 Å². The van der Waals surface area contributed by atoms with Crippen LogP contribution in [0.1, 0.15) is 0 Å². The second-order valence-corrected chi connectivity index (χ2v) is 2.47. The predicted octanol–water partition coefficient (Wildman–Crippen LogP) is 0.616. The molecule has 0 aliphatic carbocycles. The zero-order valence-electron chi connectivity index (χ0n) is 7.06. The van der Waals surface area contributed by atoms with E-state index in [1.165, 1.54) is 13.4 Å². The molecule has 0 saturated heterocycles. The fraction of sp³-hybridized carbons (Fsp3) is 0.125. The largest absolute Gasteiger partial charge is 0.480 e. The Bertz CT molecular complexity index is 438. The molecule has 0 saturated carbocycles. The Morgan fingerprint density at radius 2 is 2.15 bits per heavy atom. The smallest absolute Gasteiger partial charge is 0.227 e. The third-order valence-corrected chi connectivity index (χ3v) is 1.74. The zero-order valence-corrected chi connectivity index (χ0v) is 7.06. The fourth-order valence-electron chi connectivity index (χ4n) is 1.16. The highest BCUT2D eigenvalue weighted by molar-refractivity contribution is 5.91. The number of nitrogen functional groups attached to an aromatic ring is 1. The van der Waals surface area contributed by atoms with E-state index >= 15 is 0 Å². The van der Waals surface area contributed by atoms with E-state index in [0.717, 1.165) is 5.52 Å². The maximum absolute atomic E-state index is 5.66. The van der Waals surface area contributed by atoms with Crippen molar-refractivity contribution < 1.29 is 4.74 Å². The third-order valence-electron chi connectivity index (χ3n) is 1.74. The summed E-state index contributed by atoms with van der Waals surface area (Å²) in [7, 11) is 1.54. The molecule has 2 aromatic rings. The molecule has 5 nitrogen and oxygen atoms in total. The molecule has 0 bridgehead atoms. The second-order valence-electron chi connectivity index (χ2n) is 2.47. The molecule has 0 aliphatic heterocycles. The van der Waals surface area contributed by atoms with Gasteiger partial charge in [0.1, 0.15) is 17.5 Å². The van der Waals surface area contributed by atoms with Crippen molar-refractivity contribution in [1.29, 1.82) is 0 Å². The fourth-order valence-corrected chi connectivity index (χ4v) is 1.16. The number of hydrogen-bond donors (Lipinski definition) is 1. The van der Waals surface area contributed by atoms with Gasteiger partial charge in [-0.1, -0.05) is 0 Å². The summed E-state index contributed by atoms with van der Waals surface area (Å²) in [6, 6.07) is 1.76. The van der Waals surface area contributed by atoms with Gasteiger partial charge in [-0.2, -0.15) is 0 Å². The lowest BCUT2D eigenvalue weighted by Gasteiger charge is -2.03. The van der Waals surface area contributed by atoms with E-state index in [0.29, 0.717) is 17.1 Å². The molecule has 66 valence electrons. The monoisotopic (exact) mass is 176 g/mol. The first-order chi connectivity index (χ1) is 6.33. The van der Waals surface area contributed by atoms with Crippen LogP contribution in [-0.4, -0.2) is 22.1 Å². The SMILES string of the molecule is COc1ncnc2ccnc(N)c12. The van der Waals surface area contributed by atoms with Gasteiger partial charge < -0.3 is 10.5 Å². The van der Waals surface area contributed by atoms with Crippen molar-refractivity contribution >= 4 is 16.7 Å². The number of methoxy groups -OCH3 is 1. The van der Waals surface area contributed by atoms with Crippen LogP contribution in [0, 0.1) is 0 Å². The Morgan fingerprint density at radius 3 is 2.92 bits per heavy atom. The van der Waals surface area contributed by atoms with E-state index in [4.69, 9.17) is 10.5 Å². The van der Waals surface area contributed by atoms with E-state index < -0.39 is 0 Å². The number of nitrogens with zero attached hydrogens (tertiary/aromatic N) is 3. The van der Waals surface area contributed by atoms with Gasteiger partial charge in [0.15, 0.2) is 0 Å². The van der Waals surface area contributed by atoms with Crippen molar-refractivity contribution in [2.45, 2.75) is 0 Å². The van der Waals surface area contributed by atoms with Gasteiger partial charge in [-0.25, -0.2) is 15.0 Å². The molecule has 2 aromatic heterocycles. The molecule has 2 N–H and O–H groups in total. The molecular formula is C8H8N4O. The van der Waals surface area contributed by atoms with Gasteiger partial charge in [0.25, 0.3) is 0 Å². The summed E-state index contributed by atoms with van der Waals surface area (Å²) in [5, 5.41) is 0.660. The van der Waals surface area contributed by atoms with Crippen molar-refractivity contribution in [3.63, 3.8) is 0 Å². The number of hydrogen-bond acceptors (Lipinski definition) is 5. The Morgan fingerprint density at radius 1 is 1.31 bits per heavy atom. The number of fused-ring (bicyclic) bond motifs is 1. The highest BCUT2D eigenvalue weighted by Crippen LogP contribution is 2.24. The van der Waals surface area contributed by atoms with Gasteiger partial charge in [-0.05, 0) is 6.07 Å². The quantitative estimate of drug-likeness (QED) is 0.689. The number of anilines is 1. The number of pyridine rings is 1. The van der Waals surface area contributed by atoms with Crippen LogP contribution in [0.3, 0.4) is 0 Å². The number of ether oxygens (including phenoxy) is 1. The Labute approximate surface area is 74.6 Å². The summed E-state index contributed by atoms with van der Waals surface area (Å²) in [6.45, 7) is 0. The molecule has 0 radical (unpaired) electrons. The van der Waals surface area contributed by atoms with Crippen molar-refractivity contribution in [3.05, 3.63) is 18.6 Å². The van der Waals surface area contributed by atoms with Crippen molar-refractivity contribution in [3.8, 4) is 5.88 Å². The van der Waals surface area contributed by atoms with Crippen molar-refractivity contribution in [2.75, 3.05) is 12.8 Å². The second kappa shape index (κ2) is 2.85. The topological polar surface area (TPSA) is 73.9 Å². The molecule has 0 atom stereocenters. The van der Waals surface area contributed by atoms with Gasteiger partial charge >= 0.3 is 0 Å². The van der Waals surface area contributed by atoms with Crippen LogP contribution < -0.4 is 10.5 Å². The molecule has 0 aliphatic rings. The lowest BCUT2D eigenvalue weighted by atomic mass is 10.3. The third kappa shape index (κ3) is 1.14. The maximum atomic E-state index is 5.66. The molecule has 0 aromatic carbocycles. The van der Waals surface area contributed by atoms with Gasteiger partial charge in [-0.15, -0.1) is 0 Å². The number of rotatable bonds is 1. The van der Waals surface area contributed by atoms with E-state index in [2.05, 4.69) is 15.0 Å². The molecular weight excluding hydrogens is 168 g/mol. The van der Waals surface area contributed by atoms with E-state index in [1.54, 1.807) is 12.3 Å². The molecule has 0 fully saturated rings. The Balaban J connectivity index is 2.87. The number of nitrogens with two attached hydrogens (primary N) is 1. The molecule has 0 unspecified atom stereocenters. The summed E-state index contributed by atoms with van der Waals surface area (Å²) >= 11 is 0. The van der Waals surface area contributed by atoms with Crippen LogP contribution in [-0.2, 0) is 0 Å². The lowest BCUT2D eigenvalue weighted by molar-refractivity contribution is 0.402. The van der Waals surface area contributed by atoms with Crippen LogP contribution in [0.25, 0.3) is 10.9 Å². The minimum absolute atomic E-state index is 0.384. The van der Waals surface area contributed by atoms with Crippen molar-refractivity contribution in [1.82, 2.24) is 15.0 Å². The molecule has 0 amide bonds. The minimum Gasteiger partial charge on any atom is -0.480 e. The summed E-state index contributed by atoms with van der Waals surface area (Å²) in [5.41, 5.74) is 6.40. The molecule has 2 heterocycles. The molecule has 0 spiro atoms. The van der Waals surface area contributed by atoms with Gasteiger partial charge in [-0.3, -0.25) is 0 Å². The van der Waals surface area contributed by atoms with Crippen LogP contribution >= 0.6 is 0 Å². The highest BCUT2D eigenvalue weighted by atomic mass is 16.5. The molecule has 13 heavy (non-hydrogen) atoms. The average molecular weight is 176 g/mol. The normalized spacial score (nSPS) is 10.2. The van der Waals surface area contributed by atoms with E-state index in [9.17, 15) is 0 Å². The van der Waals surface area contributed by atoms with Gasteiger partial charge in [0.2, 0.25) is 5.88 Å². The summed E-state index contributed by atoms with van der Waals surface area (Å²) in [5.74, 6) is 0.838. The predicted molar refractivity (Wildman–Crippen MR) is 48.3 cm³/mol. The van der Waals surface area contributed by atoms with Crippen LogP contribution in [0.4, 0.5) is 5.82 Å². The van der Waals surface area contributed by atoms with E-state index in [1.807, 2.05) is 0 Å². The molecule has 5 heteroatoms. The van der Waals surface area contributed by atoms with Crippen molar-refractivity contribution in [2.24, 2.45) is 0 Å². The van der Waals surface area contributed by atoms with Gasteiger partial charge in [0, 0.05) is 6.20 Å². The first-order valence-corrected chi connectivity index (χ1v) is 3.72. The summed E-state index contributed by atoms with van der Waals surface area (Å²) < 4.78 is 5.04. The average Bonchev–Trinajstić information content (AvgIpc) is 2.17. The highest BCUT2D eigenvalue weighted by Gasteiger charge is 2.06. The first kappa shape index (κ1) is 7.72.